The van der Waals surface area contributed by atoms with E-state index in [-0.39, 0.29) is 17.2 Å². The normalized spacial score (nSPS) is 11.0. The summed E-state index contributed by atoms with van der Waals surface area (Å²) in [7, 11) is -8.07. The van der Waals surface area contributed by atoms with E-state index >= 15 is 0 Å². The van der Waals surface area contributed by atoms with Crippen LogP contribution in [0.3, 0.4) is 0 Å². The Labute approximate surface area is 143 Å². The molecule has 2 aromatic rings. The van der Waals surface area contributed by atoms with Crippen LogP contribution in [-0.4, -0.2) is 25.9 Å². The number of hydrogen-bond acceptors (Lipinski definition) is 4. The second-order valence-electron chi connectivity index (χ2n) is 5.03. The lowest BCUT2D eigenvalue weighted by Gasteiger charge is -2.02. The Bertz CT molecular complexity index is 883. The third-order valence-electron chi connectivity index (χ3n) is 2.93. The van der Waals surface area contributed by atoms with E-state index in [0.717, 1.165) is 11.1 Å². The molecule has 0 aliphatic rings. The van der Waals surface area contributed by atoms with E-state index in [1.54, 1.807) is 31.2 Å². The van der Waals surface area contributed by atoms with Crippen molar-refractivity contribution >= 4 is 20.2 Å². The molecule has 134 valence electrons. The van der Waals surface area contributed by atoms with Crippen molar-refractivity contribution in [2.45, 2.75) is 38.0 Å². The highest BCUT2D eigenvalue weighted by atomic mass is 32.2. The van der Waals surface area contributed by atoms with Gasteiger partial charge in [0.1, 0.15) is 0 Å². The molecular weight excluding hydrogens is 352 g/mol. The van der Waals surface area contributed by atoms with Crippen LogP contribution in [0.15, 0.2) is 52.3 Å². The second kappa shape index (κ2) is 8.39. The van der Waals surface area contributed by atoms with Crippen LogP contribution in [0.25, 0.3) is 0 Å². The van der Waals surface area contributed by atoms with Crippen LogP contribution in [0.4, 0.5) is 0 Å². The summed E-state index contributed by atoms with van der Waals surface area (Å²) in [5.74, 6) is 0. The zero-order valence-electron chi connectivity index (χ0n) is 12.9. The Morgan fingerprint density at radius 1 is 0.708 bits per heavy atom. The molecule has 0 saturated carbocycles. The maximum atomic E-state index is 10.7. The molecular formula is C16H22O6S2. The maximum Gasteiger partial charge on any atom is 0.294 e. The molecule has 8 heteroatoms. The standard InChI is InChI=1S/C8H10O3S.C7H8O3S.CH4/c1-6-3-4-8(7(2)5-6)12(9,10)11;1-6-2-4-7(5-3-6)11(8,9)10;/h3-5H,1-2H3,(H,9,10,11);2-5H,1H3,(H,8,9,10);1H4. The fraction of sp³-hybridized carbons (Fsp3) is 0.250. The third kappa shape index (κ3) is 6.79. The lowest BCUT2D eigenvalue weighted by Crippen LogP contribution is -2.00. The Kier molecular flexibility index (Phi) is 7.78. The molecule has 2 aromatic carbocycles. The molecule has 2 N–H and O–H groups in total. The van der Waals surface area contributed by atoms with E-state index in [4.69, 9.17) is 9.11 Å². The van der Waals surface area contributed by atoms with Crippen LogP contribution < -0.4 is 0 Å². The molecule has 0 aliphatic heterocycles. The van der Waals surface area contributed by atoms with Gasteiger partial charge < -0.3 is 0 Å². The Morgan fingerprint density at radius 2 is 1.17 bits per heavy atom. The van der Waals surface area contributed by atoms with Crippen molar-refractivity contribution in [2.24, 2.45) is 0 Å². The van der Waals surface area contributed by atoms with Crippen LogP contribution in [0, 0.1) is 20.8 Å². The van der Waals surface area contributed by atoms with Crippen molar-refractivity contribution in [1.29, 1.82) is 0 Å². The molecule has 0 amide bonds. The quantitative estimate of drug-likeness (QED) is 0.780. The first-order valence-electron chi connectivity index (χ1n) is 6.50. The van der Waals surface area contributed by atoms with Gasteiger partial charge in [0.15, 0.2) is 0 Å². The van der Waals surface area contributed by atoms with Gasteiger partial charge in [-0.25, -0.2) is 0 Å². The molecule has 0 unspecified atom stereocenters. The smallest absolute Gasteiger partial charge is 0.282 e. The van der Waals surface area contributed by atoms with Crippen LogP contribution in [0.1, 0.15) is 24.1 Å². The van der Waals surface area contributed by atoms with Gasteiger partial charge >= 0.3 is 0 Å². The fourth-order valence-electron chi connectivity index (χ4n) is 1.80. The monoisotopic (exact) mass is 374 g/mol. The molecule has 0 aliphatic carbocycles. The molecule has 0 saturated heterocycles. The molecule has 2 rings (SSSR count). The van der Waals surface area contributed by atoms with E-state index in [1.807, 2.05) is 13.8 Å². The van der Waals surface area contributed by atoms with Crippen LogP contribution in [0.2, 0.25) is 0 Å². The van der Waals surface area contributed by atoms with Gasteiger partial charge in [-0.1, -0.05) is 42.8 Å². The van der Waals surface area contributed by atoms with Gasteiger partial charge in [-0.05, 0) is 44.5 Å². The Hall–Kier alpha value is -1.74. The Morgan fingerprint density at radius 3 is 1.54 bits per heavy atom. The average molecular weight is 374 g/mol. The molecule has 0 bridgehead atoms. The largest absolute Gasteiger partial charge is 0.294 e. The first-order valence-corrected chi connectivity index (χ1v) is 9.38. The molecule has 0 heterocycles. The fourth-order valence-corrected chi connectivity index (χ4v) is 2.98. The van der Waals surface area contributed by atoms with Crippen molar-refractivity contribution in [3.8, 4) is 0 Å². The van der Waals surface area contributed by atoms with E-state index < -0.39 is 20.2 Å². The molecule has 0 atom stereocenters. The topological polar surface area (TPSA) is 109 Å². The highest BCUT2D eigenvalue weighted by Gasteiger charge is 2.11. The second-order valence-corrected chi connectivity index (χ2v) is 7.84. The summed E-state index contributed by atoms with van der Waals surface area (Å²) in [6.07, 6.45) is 0. The van der Waals surface area contributed by atoms with Crippen LogP contribution in [0.5, 0.6) is 0 Å². The van der Waals surface area contributed by atoms with Crippen LogP contribution >= 0.6 is 0 Å². The summed E-state index contributed by atoms with van der Waals surface area (Å²) >= 11 is 0. The number of hydrogen-bond donors (Lipinski definition) is 2. The van der Waals surface area contributed by atoms with Crippen molar-refractivity contribution in [3.05, 3.63) is 59.2 Å². The summed E-state index contributed by atoms with van der Waals surface area (Å²) in [5.41, 5.74) is 2.50. The van der Waals surface area contributed by atoms with Crippen molar-refractivity contribution in [3.63, 3.8) is 0 Å². The minimum atomic E-state index is -4.05. The molecule has 24 heavy (non-hydrogen) atoms. The van der Waals surface area contributed by atoms with Gasteiger partial charge in [0, 0.05) is 0 Å². The van der Waals surface area contributed by atoms with E-state index in [9.17, 15) is 16.8 Å². The first kappa shape index (κ1) is 22.3. The lowest BCUT2D eigenvalue weighted by atomic mass is 10.2. The third-order valence-corrected chi connectivity index (χ3v) is 4.81. The van der Waals surface area contributed by atoms with Gasteiger partial charge in [-0.2, -0.15) is 16.8 Å². The maximum absolute atomic E-state index is 10.7. The molecule has 0 radical (unpaired) electrons. The van der Waals surface area contributed by atoms with Crippen molar-refractivity contribution in [1.82, 2.24) is 0 Å². The van der Waals surface area contributed by atoms with E-state index in [2.05, 4.69) is 0 Å². The van der Waals surface area contributed by atoms with Gasteiger partial charge in [-0.15, -0.1) is 0 Å². The van der Waals surface area contributed by atoms with Gasteiger partial charge in [0.2, 0.25) is 0 Å². The minimum absolute atomic E-state index is 0. The highest BCUT2D eigenvalue weighted by Crippen LogP contribution is 2.15. The predicted octanol–water partition coefficient (Wildman–Crippen LogP) is 3.43. The van der Waals surface area contributed by atoms with Gasteiger partial charge in [0.25, 0.3) is 20.2 Å². The van der Waals surface area contributed by atoms with E-state index in [0.29, 0.717) is 5.56 Å². The number of rotatable bonds is 2. The number of aryl methyl sites for hydroxylation is 3. The SMILES string of the molecule is C.Cc1ccc(S(=O)(=O)O)c(C)c1.Cc1ccc(S(=O)(=O)O)cc1. The summed E-state index contributed by atoms with van der Waals surface area (Å²) in [6.45, 7) is 5.35. The van der Waals surface area contributed by atoms with E-state index in [1.165, 1.54) is 18.2 Å². The predicted molar refractivity (Wildman–Crippen MR) is 93.5 cm³/mol. The highest BCUT2D eigenvalue weighted by molar-refractivity contribution is 7.86. The minimum Gasteiger partial charge on any atom is -0.282 e. The van der Waals surface area contributed by atoms with Gasteiger partial charge in [0.05, 0.1) is 9.79 Å². The summed E-state index contributed by atoms with van der Waals surface area (Å²) in [6, 6.07) is 10.8. The molecule has 0 fully saturated rings. The average Bonchev–Trinajstić information content (AvgIpc) is 2.37. The zero-order valence-corrected chi connectivity index (χ0v) is 14.5. The van der Waals surface area contributed by atoms with Crippen LogP contribution in [-0.2, 0) is 20.2 Å². The van der Waals surface area contributed by atoms with Crippen molar-refractivity contribution in [2.75, 3.05) is 0 Å². The molecule has 0 aromatic heterocycles. The Balaban J connectivity index is 0.000000425. The molecule has 0 spiro atoms. The molecule has 6 nitrogen and oxygen atoms in total. The summed E-state index contributed by atoms with van der Waals surface area (Å²) in [5, 5.41) is 0. The summed E-state index contributed by atoms with van der Waals surface area (Å²) < 4.78 is 59.7. The summed E-state index contributed by atoms with van der Waals surface area (Å²) in [4.78, 5) is -0.0869. The van der Waals surface area contributed by atoms with Crippen molar-refractivity contribution < 1.29 is 25.9 Å². The number of benzene rings is 2. The lowest BCUT2D eigenvalue weighted by molar-refractivity contribution is 0.480. The van der Waals surface area contributed by atoms with Gasteiger partial charge in [-0.3, -0.25) is 9.11 Å². The first-order chi connectivity index (χ1) is 10.4. The zero-order chi connectivity index (χ0) is 17.8.